The van der Waals surface area contributed by atoms with Crippen molar-refractivity contribution in [3.63, 3.8) is 0 Å². The molecule has 2 aromatic carbocycles. The van der Waals surface area contributed by atoms with E-state index in [0.717, 1.165) is 12.1 Å². The lowest BCUT2D eigenvalue weighted by molar-refractivity contribution is -0.137. The molecule has 10 heteroatoms. The van der Waals surface area contributed by atoms with Crippen molar-refractivity contribution in [2.75, 3.05) is 11.1 Å². The molecule has 0 amide bonds. The highest BCUT2D eigenvalue weighted by atomic mass is 35.5. The fourth-order valence-corrected chi connectivity index (χ4v) is 2.94. The van der Waals surface area contributed by atoms with Gasteiger partial charge in [0.2, 0.25) is 11.9 Å². The van der Waals surface area contributed by atoms with Crippen LogP contribution in [-0.4, -0.2) is 15.2 Å². The van der Waals surface area contributed by atoms with E-state index in [1.54, 1.807) is 0 Å². The van der Waals surface area contributed by atoms with Crippen molar-refractivity contribution in [2.45, 2.75) is 6.18 Å². The fourth-order valence-electron chi connectivity index (χ4n) is 2.23. The fraction of sp³-hybridized carbons (Fsp3) is 0.0667. The smallest absolute Gasteiger partial charge is 0.368 e. The third-order valence-electron chi connectivity index (χ3n) is 3.28. The number of hydrogen-bond donors (Lipinski definition) is 3. The molecule has 0 bridgehead atoms. The molecule has 25 heavy (non-hydrogen) atoms. The summed E-state index contributed by atoms with van der Waals surface area (Å²) in [4.78, 5) is 3.87. The van der Waals surface area contributed by atoms with Gasteiger partial charge in [0.05, 0.1) is 15.6 Å². The second kappa shape index (κ2) is 6.45. The molecule has 0 aliphatic heterocycles. The molecule has 3 rings (SSSR count). The van der Waals surface area contributed by atoms with E-state index in [4.69, 9.17) is 28.9 Å². The van der Waals surface area contributed by atoms with Gasteiger partial charge in [-0.15, -0.1) is 5.10 Å². The molecular formula is C15H10Cl2F3N5. The molecule has 1 heterocycles. The van der Waals surface area contributed by atoms with Gasteiger partial charge in [0.1, 0.15) is 0 Å². The van der Waals surface area contributed by atoms with Gasteiger partial charge in [-0.3, -0.25) is 0 Å². The zero-order valence-corrected chi connectivity index (χ0v) is 13.8. The molecule has 1 aromatic heterocycles. The van der Waals surface area contributed by atoms with Gasteiger partial charge in [0.25, 0.3) is 0 Å². The molecule has 3 aromatic rings. The minimum Gasteiger partial charge on any atom is -0.368 e. The average Bonchev–Trinajstić information content (AvgIpc) is 2.91. The molecule has 4 N–H and O–H groups in total. The van der Waals surface area contributed by atoms with Crippen LogP contribution in [0.2, 0.25) is 10.0 Å². The van der Waals surface area contributed by atoms with Crippen LogP contribution in [0.4, 0.5) is 30.8 Å². The summed E-state index contributed by atoms with van der Waals surface area (Å²) in [5, 5.41) is 9.46. The van der Waals surface area contributed by atoms with Crippen LogP contribution >= 0.6 is 23.2 Å². The van der Waals surface area contributed by atoms with E-state index in [-0.39, 0.29) is 27.5 Å². The quantitative estimate of drug-likeness (QED) is 0.582. The molecule has 0 saturated carbocycles. The predicted molar refractivity (Wildman–Crippen MR) is 91.0 cm³/mol. The third-order valence-corrected chi connectivity index (χ3v) is 3.88. The minimum atomic E-state index is -4.46. The van der Waals surface area contributed by atoms with Crippen molar-refractivity contribution in [3.8, 4) is 11.1 Å². The molecular weight excluding hydrogens is 378 g/mol. The summed E-state index contributed by atoms with van der Waals surface area (Å²) in [6.07, 6.45) is -4.46. The Morgan fingerprint density at radius 2 is 1.76 bits per heavy atom. The summed E-state index contributed by atoms with van der Waals surface area (Å²) in [6, 6.07) is 7.80. The minimum absolute atomic E-state index is 0.125. The van der Waals surface area contributed by atoms with Crippen LogP contribution in [0.3, 0.4) is 0 Å². The highest BCUT2D eigenvalue weighted by molar-refractivity contribution is 6.39. The van der Waals surface area contributed by atoms with E-state index >= 15 is 0 Å². The van der Waals surface area contributed by atoms with Gasteiger partial charge in [-0.1, -0.05) is 35.3 Å². The molecule has 0 aliphatic carbocycles. The number of hydrogen-bond acceptors (Lipinski definition) is 4. The van der Waals surface area contributed by atoms with Crippen LogP contribution in [0.1, 0.15) is 5.56 Å². The monoisotopic (exact) mass is 387 g/mol. The maximum atomic E-state index is 12.9. The number of halogens is 5. The van der Waals surface area contributed by atoms with Crippen molar-refractivity contribution in [3.05, 3.63) is 52.0 Å². The molecule has 0 saturated heterocycles. The third kappa shape index (κ3) is 3.80. The standard InChI is InChI=1S/C15H10Cl2F3N5/c16-10-5-9(22-14-23-13(21)24-25-14)6-11(17)12(10)7-2-1-3-8(4-7)15(18,19)20/h1-6H,(H4,21,22,23,24,25). The number of H-pyrrole nitrogens is 1. The van der Waals surface area contributed by atoms with Crippen molar-refractivity contribution < 1.29 is 13.2 Å². The zero-order chi connectivity index (χ0) is 18.2. The van der Waals surface area contributed by atoms with E-state index < -0.39 is 11.7 Å². The van der Waals surface area contributed by atoms with E-state index in [0.29, 0.717) is 11.3 Å². The number of aromatic nitrogens is 3. The molecule has 130 valence electrons. The lowest BCUT2D eigenvalue weighted by atomic mass is 10.0. The van der Waals surface area contributed by atoms with Crippen molar-refractivity contribution in [1.82, 2.24) is 15.2 Å². The van der Waals surface area contributed by atoms with Gasteiger partial charge in [0.15, 0.2) is 0 Å². The molecule has 0 unspecified atom stereocenters. The normalized spacial score (nSPS) is 11.6. The molecule has 5 nitrogen and oxygen atoms in total. The average molecular weight is 388 g/mol. The second-order valence-electron chi connectivity index (χ2n) is 5.06. The molecule has 0 atom stereocenters. The second-order valence-corrected chi connectivity index (χ2v) is 5.88. The van der Waals surface area contributed by atoms with Gasteiger partial charge in [-0.2, -0.15) is 18.2 Å². The van der Waals surface area contributed by atoms with E-state index in [1.165, 1.54) is 24.3 Å². The van der Waals surface area contributed by atoms with Crippen LogP contribution in [-0.2, 0) is 6.18 Å². The highest BCUT2D eigenvalue weighted by Crippen LogP contribution is 2.40. The first-order valence-corrected chi connectivity index (χ1v) is 7.61. The van der Waals surface area contributed by atoms with Crippen LogP contribution in [0.15, 0.2) is 36.4 Å². The van der Waals surface area contributed by atoms with E-state index in [9.17, 15) is 13.2 Å². The summed E-state index contributed by atoms with van der Waals surface area (Å²) < 4.78 is 38.7. The van der Waals surface area contributed by atoms with E-state index in [1.807, 2.05) is 0 Å². The summed E-state index contributed by atoms with van der Waals surface area (Å²) in [7, 11) is 0. The number of rotatable bonds is 3. The van der Waals surface area contributed by atoms with Crippen LogP contribution < -0.4 is 11.1 Å². The molecule has 0 radical (unpaired) electrons. The zero-order valence-electron chi connectivity index (χ0n) is 12.3. The summed E-state index contributed by atoms with van der Waals surface area (Å²) in [5.41, 5.74) is 5.67. The number of nitrogen functional groups attached to an aromatic ring is 1. The molecule has 0 spiro atoms. The predicted octanol–water partition coefficient (Wildman–Crippen LogP) is 5.12. The topological polar surface area (TPSA) is 79.6 Å². The number of nitrogens with two attached hydrogens (primary N) is 1. The maximum absolute atomic E-state index is 12.9. The van der Waals surface area contributed by atoms with Gasteiger partial charge >= 0.3 is 6.18 Å². The Hall–Kier alpha value is -2.45. The first-order chi connectivity index (χ1) is 11.7. The highest BCUT2D eigenvalue weighted by Gasteiger charge is 2.30. The van der Waals surface area contributed by atoms with Gasteiger partial charge in [-0.25, -0.2) is 5.10 Å². The van der Waals surface area contributed by atoms with Gasteiger partial charge in [0, 0.05) is 11.3 Å². The van der Waals surface area contributed by atoms with Crippen molar-refractivity contribution >= 4 is 40.8 Å². The SMILES string of the molecule is Nc1nc(Nc2cc(Cl)c(-c3cccc(C(F)(F)F)c3)c(Cl)c2)n[nH]1. The number of benzene rings is 2. The number of nitrogens with zero attached hydrogens (tertiary/aromatic N) is 2. The molecule has 0 aliphatic rings. The number of nitrogens with one attached hydrogen (secondary N) is 2. The Bertz CT molecular complexity index is 901. The Labute approximate surface area is 150 Å². The lowest BCUT2D eigenvalue weighted by Crippen LogP contribution is -2.04. The number of aromatic amines is 1. The summed E-state index contributed by atoms with van der Waals surface area (Å²) in [5.74, 6) is 0.330. The van der Waals surface area contributed by atoms with Gasteiger partial charge < -0.3 is 11.1 Å². The van der Waals surface area contributed by atoms with Crippen LogP contribution in [0, 0.1) is 0 Å². The number of anilines is 3. The van der Waals surface area contributed by atoms with Crippen molar-refractivity contribution in [2.24, 2.45) is 0 Å². The largest absolute Gasteiger partial charge is 0.416 e. The first kappa shape index (κ1) is 17.4. The van der Waals surface area contributed by atoms with Crippen LogP contribution in [0.25, 0.3) is 11.1 Å². The Balaban J connectivity index is 1.98. The lowest BCUT2D eigenvalue weighted by Gasteiger charge is -2.13. The van der Waals surface area contributed by atoms with Crippen molar-refractivity contribution in [1.29, 1.82) is 0 Å². The van der Waals surface area contributed by atoms with Crippen LogP contribution in [0.5, 0.6) is 0 Å². The van der Waals surface area contributed by atoms with E-state index in [2.05, 4.69) is 20.5 Å². The van der Waals surface area contributed by atoms with Gasteiger partial charge in [-0.05, 0) is 29.8 Å². The maximum Gasteiger partial charge on any atom is 0.416 e. The Morgan fingerprint density at radius 3 is 2.32 bits per heavy atom. The number of alkyl halides is 3. The summed E-state index contributed by atoms with van der Waals surface area (Å²) >= 11 is 12.5. The molecule has 0 fully saturated rings. The first-order valence-electron chi connectivity index (χ1n) is 6.85. The summed E-state index contributed by atoms with van der Waals surface area (Å²) in [6.45, 7) is 0. The Morgan fingerprint density at radius 1 is 1.08 bits per heavy atom. The Kier molecular flexibility index (Phi) is 4.49.